The maximum absolute atomic E-state index is 13.8. The van der Waals surface area contributed by atoms with Crippen molar-refractivity contribution in [2.24, 2.45) is 5.41 Å². The number of aromatic nitrogens is 1. The van der Waals surface area contributed by atoms with E-state index in [1.807, 2.05) is 57.5 Å². The van der Waals surface area contributed by atoms with Gasteiger partial charge in [0.15, 0.2) is 0 Å². The van der Waals surface area contributed by atoms with Gasteiger partial charge >= 0.3 is 0 Å². The van der Waals surface area contributed by atoms with Crippen LogP contribution in [0, 0.1) is 24.7 Å². The van der Waals surface area contributed by atoms with Gasteiger partial charge in [-0.2, -0.15) is 0 Å². The Morgan fingerprint density at radius 2 is 1.50 bits per heavy atom. The summed E-state index contributed by atoms with van der Waals surface area (Å²) in [4.78, 5) is 46.7. The first kappa shape index (κ1) is 42.9. The molecule has 15 heteroatoms. The number of benzene rings is 1. The summed E-state index contributed by atoms with van der Waals surface area (Å²) in [5, 5.41) is 16.1. The molecule has 288 valence electrons. The van der Waals surface area contributed by atoms with Crippen LogP contribution in [-0.4, -0.2) is 137 Å². The van der Waals surface area contributed by atoms with Crippen molar-refractivity contribution in [3.8, 4) is 22.8 Å². The summed E-state index contributed by atoms with van der Waals surface area (Å²) < 4.78 is 32.3. The van der Waals surface area contributed by atoms with Gasteiger partial charge in [0.05, 0.1) is 88.3 Å². The van der Waals surface area contributed by atoms with Gasteiger partial charge < -0.3 is 49.1 Å². The van der Waals surface area contributed by atoms with Gasteiger partial charge in [0.25, 0.3) is 0 Å². The van der Waals surface area contributed by atoms with Crippen LogP contribution in [0.1, 0.15) is 38.4 Å². The molecule has 14 nitrogen and oxygen atoms in total. The molecule has 52 heavy (non-hydrogen) atoms. The number of ether oxygens (including phenoxy) is 6. The van der Waals surface area contributed by atoms with Crippen molar-refractivity contribution < 1.29 is 47.9 Å². The summed E-state index contributed by atoms with van der Waals surface area (Å²) in [6.45, 7) is 11.6. The van der Waals surface area contributed by atoms with E-state index in [4.69, 9.17) is 34.8 Å². The maximum Gasteiger partial charge on any atom is 0.246 e. The van der Waals surface area contributed by atoms with Crippen molar-refractivity contribution in [1.82, 2.24) is 20.5 Å². The van der Waals surface area contributed by atoms with Crippen molar-refractivity contribution in [2.75, 3.05) is 85.8 Å². The van der Waals surface area contributed by atoms with Crippen molar-refractivity contribution in [2.45, 2.75) is 58.8 Å². The van der Waals surface area contributed by atoms with E-state index in [0.29, 0.717) is 52.9 Å². The number of nitrogens with zero attached hydrogens (tertiary/aromatic N) is 2. The number of hydrogen-bond donors (Lipinski definition) is 3. The number of hydrogen-bond acceptors (Lipinski definition) is 12. The molecule has 2 aromatic rings. The normalized spacial score (nSPS) is 16.4. The number of carbonyl (C=O) groups excluding carboxylic acids is 3. The highest BCUT2D eigenvalue weighted by molar-refractivity contribution is 7.13. The van der Waals surface area contributed by atoms with Crippen LogP contribution in [0.2, 0.25) is 0 Å². The van der Waals surface area contributed by atoms with Crippen LogP contribution in [0.25, 0.3) is 10.4 Å². The van der Waals surface area contributed by atoms with E-state index < -0.39 is 35.4 Å². The third kappa shape index (κ3) is 15.3. The number of aryl methyl sites for hydroxylation is 1. The molecule has 0 spiro atoms. The molecule has 1 saturated heterocycles. The number of thiazole rings is 1. The zero-order valence-electron chi connectivity index (χ0n) is 30.7. The van der Waals surface area contributed by atoms with Crippen LogP contribution in [0.5, 0.6) is 0 Å². The summed E-state index contributed by atoms with van der Waals surface area (Å²) in [5.74, 6) is 1.11. The van der Waals surface area contributed by atoms with Crippen LogP contribution >= 0.6 is 11.3 Å². The standard InChI is InChI=1S/C37H54N4O10S/c1-6-11-46-12-13-47-14-15-48-16-17-49-18-19-50-20-21-51-25-32(43)40-34(37(3,4)5)36(45)41-24-30(42)22-31(41)35(44)38-23-28-7-9-29(10-8-28)33-27(2)39-26-52-33/h1,7-10,26,30-31,34,42H,11-25H2,2-5H3,(H,38,44)(H,40,43)/t30-,31+,34-/m1/s1. The summed E-state index contributed by atoms with van der Waals surface area (Å²) in [5.41, 5.74) is 4.05. The second-order valence-electron chi connectivity index (χ2n) is 13.2. The highest BCUT2D eigenvalue weighted by Gasteiger charge is 2.44. The molecule has 3 amide bonds. The minimum absolute atomic E-state index is 0.00729. The number of aliphatic hydroxyl groups excluding tert-OH is 1. The molecule has 0 bridgehead atoms. The Bertz CT molecular complexity index is 1410. The monoisotopic (exact) mass is 746 g/mol. The number of nitrogens with one attached hydrogen (secondary N) is 2. The SMILES string of the molecule is C#CCOCCOCCOCCOCCOCCOCC(=O)N[C@H](C(=O)N1C[C@H](O)C[C@H]1C(=O)NCc1ccc(-c2scnc2C)cc1)C(C)(C)C. The van der Waals surface area contributed by atoms with Gasteiger partial charge in [-0.15, -0.1) is 17.8 Å². The van der Waals surface area contributed by atoms with E-state index in [-0.39, 0.29) is 51.8 Å². The molecule has 0 radical (unpaired) electrons. The van der Waals surface area contributed by atoms with Gasteiger partial charge in [-0.3, -0.25) is 14.4 Å². The number of carbonyl (C=O) groups is 3. The van der Waals surface area contributed by atoms with E-state index in [1.165, 1.54) is 4.90 Å². The van der Waals surface area contributed by atoms with Gasteiger partial charge in [0.2, 0.25) is 17.7 Å². The van der Waals surface area contributed by atoms with E-state index in [1.54, 1.807) is 11.3 Å². The first-order valence-corrected chi connectivity index (χ1v) is 18.3. The highest BCUT2D eigenvalue weighted by Crippen LogP contribution is 2.28. The molecule has 2 heterocycles. The number of amides is 3. The number of aliphatic hydroxyl groups is 1. The number of likely N-dealkylation sites (tertiary alicyclic amines) is 1. The first-order valence-electron chi connectivity index (χ1n) is 17.5. The van der Waals surface area contributed by atoms with E-state index in [2.05, 4.69) is 21.5 Å². The molecule has 0 aliphatic carbocycles. The van der Waals surface area contributed by atoms with E-state index in [0.717, 1.165) is 21.7 Å². The summed E-state index contributed by atoms with van der Waals surface area (Å²) in [7, 11) is 0. The Hall–Kier alpha value is -3.46. The van der Waals surface area contributed by atoms with Crippen LogP contribution in [0.4, 0.5) is 0 Å². The Morgan fingerprint density at radius 1 is 0.942 bits per heavy atom. The zero-order chi connectivity index (χ0) is 37.8. The van der Waals surface area contributed by atoms with Gasteiger partial charge in [0, 0.05) is 19.5 Å². The van der Waals surface area contributed by atoms with Crippen LogP contribution < -0.4 is 10.6 Å². The molecule has 1 aromatic heterocycles. The molecule has 3 N–H and O–H groups in total. The van der Waals surface area contributed by atoms with E-state index in [9.17, 15) is 19.5 Å². The van der Waals surface area contributed by atoms with Gasteiger partial charge in [-0.25, -0.2) is 4.98 Å². The van der Waals surface area contributed by atoms with Gasteiger partial charge in [0.1, 0.15) is 25.3 Å². The Labute approximate surface area is 310 Å². The number of rotatable bonds is 24. The molecule has 1 aliphatic heterocycles. The quantitative estimate of drug-likeness (QED) is 0.106. The Morgan fingerprint density at radius 3 is 2.02 bits per heavy atom. The van der Waals surface area contributed by atoms with Crippen LogP contribution in [-0.2, 0) is 49.3 Å². The zero-order valence-corrected chi connectivity index (χ0v) is 31.5. The third-order valence-electron chi connectivity index (χ3n) is 7.99. The topological polar surface area (TPSA) is 167 Å². The minimum Gasteiger partial charge on any atom is -0.391 e. The number of β-amino-alcohol motifs (C(OH)–C–C–N with tert-alkyl or cyclic N) is 1. The molecule has 1 fully saturated rings. The molecule has 0 unspecified atom stereocenters. The van der Waals surface area contributed by atoms with E-state index >= 15 is 0 Å². The summed E-state index contributed by atoms with van der Waals surface area (Å²) in [6.07, 6.45) is 4.34. The molecule has 3 rings (SSSR count). The third-order valence-corrected chi connectivity index (χ3v) is 8.97. The first-order chi connectivity index (χ1) is 25.0. The number of terminal acetylenes is 1. The lowest BCUT2D eigenvalue weighted by Gasteiger charge is -2.35. The van der Waals surface area contributed by atoms with Crippen LogP contribution in [0.15, 0.2) is 29.8 Å². The van der Waals surface area contributed by atoms with Gasteiger partial charge in [-0.05, 0) is 23.5 Å². The maximum atomic E-state index is 13.8. The molecule has 1 aromatic carbocycles. The fourth-order valence-electron chi connectivity index (χ4n) is 5.28. The Kier molecular flexibility index (Phi) is 19.2. The smallest absolute Gasteiger partial charge is 0.246 e. The van der Waals surface area contributed by atoms with Gasteiger partial charge in [-0.1, -0.05) is 51.0 Å². The lowest BCUT2D eigenvalue weighted by molar-refractivity contribution is -0.144. The average molecular weight is 747 g/mol. The summed E-state index contributed by atoms with van der Waals surface area (Å²) >= 11 is 1.57. The second kappa shape index (κ2) is 23.3. The fraction of sp³-hybridized carbons (Fsp3) is 0.622. The average Bonchev–Trinajstić information content (AvgIpc) is 3.73. The predicted octanol–water partition coefficient (Wildman–Crippen LogP) is 1.96. The summed E-state index contributed by atoms with van der Waals surface area (Å²) in [6, 6.07) is 6.04. The largest absolute Gasteiger partial charge is 0.391 e. The van der Waals surface area contributed by atoms with Crippen molar-refractivity contribution >= 4 is 29.1 Å². The van der Waals surface area contributed by atoms with Crippen LogP contribution in [0.3, 0.4) is 0 Å². The second-order valence-corrected chi connectivity index (χ2v) is 14.1. The fourth-order valence-corrected chi connectivity index (χ4v) is 6.09. The predicted molar refractivity (Wildman–Crippen MR) is 195 cm³/mol. The molecule has 3 atom stereocenters. The minimum atomic E-state index is -0.948. The lowest BCUT2D eigenvalue weighted by atomic mass is 9.85. The molecular weight excluding hydrogens is 692 g/mol. The van der Waals surface area contributed by atoms with Crippen molar-refractivity contribution in [3.63, 3.8) is 0 Å². The Balaban J connectivity index is 1.32. The highest BCUT2D eigenvalue weighted by atomic mass is 32.1. The molecule has 0 saturated carbocycles. The molecular formula is C37H54N4O10S. The van der Waals surface area contributed by atoms with Crippen molar-refractivity contribution in [1.29, 1.82) is 0 Å². The lowest BCUT2D eigenvalue weighted by Crippen LogP contribution is -2.58. The van der Waals surface area contributed by atoms with Crippen molar-refractivity contribution in [3.05, 3.63) is 41.0 Å². The molecule has 1 aliphatic rings.